The summed E-state index contributed by atoms with van der Waals surface area (Å²) in [5.41, 5.74) is 2.53. The lowest BCUT2D eigenvalue weighted by Gasteiger charge is -2.35. The molecule has 2 amide bonds. The number of nitrogens with zero attached hydrogens (tertiary/aromatic N) is 2. The Kier molecular flexibility index (Phi) is 7.10. The molecule has 0 aromatic heterocycles. The average Bonchev–Trinajstić information content (AvgIpc) is 2.57. The van der Waals surface area contributed by atoms with E-state index in [0.717, 1.165) is 32.7 Å². The summed E-state index contributed by atoms with van der Waals surface area (Å²) in [5.74, 6) is 1.18. The third-order valence-electron chi connectivity index (χ3n) is 4.99. The Morgan fingerprint density at radius 1 is 1.12 bits per heavy atom. The van der Waals surface area contributed by atoms with Crippen molar-refractivity contribution in [3.63, 3.8) is 0 Å². The van der Waals surface area contributed by atoms with Gasteiger partial charge < -0.3 is 10.2 Å². The van der Waals surface area contributed by atoms with Gasteiger partial charge in [-0.3, -0.25) is 4.90 Å². The van der Waals surface area contributed by atoms with Crippen LogP contribution in [-0.4, -0.2) is 42.0 Å². The molecule has 0 aliphatic carbocycles. The van der Waals surface area contributed by atoms with Crippen LogP contribution in [0.5, 0.6) is 0 Å². The van der Waals surface area contributed by atoms with E-state index in [0.29, 0.717) is 18.4 Å². The lowest BCUT2D eigenvalue weighted by molar-refractivity contribution is 0.146. The Balaban J connectivity index is 1.95. The van der Waals surface area contributed by atoms with Crippen molar-refractivity contribution in [2.45, 2.75) is 47.2 Å². The number of carbonyl (C=O) groups is 1. The predicted molar refractivity (Wildman–Crippen MR) is 99.8 cm³/mol. The zero-order valence-corrected chi connectivity index (χ0v) is 15.7. The maximum Gasteiger partial charge on any atom is 0.317 e. The van der Waals surface area contributed by atoms with Crippen molar-refractivity contribution < 1.29 is 4.79 Å². The molecule has 24 heavy (non-hydrogen) atoms. The minimum Gasteiger partial charge on any atom is -0.334 e. The lowest BCUT2D eigenvalue weighted by Crippen LogP contribution is -2.47. The molecule has 4 heteroatoms. The lowest BCUT2D eigenvalue weighted by atomic mass is 9.92. The van der Waals surface area contributed by atoms with Gasteiger partial charge in [-0.2, -0.15) is 0 Å². The standard InChI is InChI=1S/C20H33N3O/c1-5-22(6-2)15-19-10-8-7-9-18(19)12-21-20(24)23-13-16(3)11-17(4)14-23/h7-10,16-17H,5-6,11-15H2,1-4H3,(H,21,24). The van der Waals surface area contributed by atoms with Crippen LogP contribution in [0.25, 0.3) is 0 Å². The van der Waals surface area contributed by atoms with Gasteiger partial charge in [-0.1, -0.05) is 52.0 Å². The van der Waals surface area contributed by atoms with Crippen molar-refractivity contribution in [2.24, 2.45) is 11.8 Å². The van der Waals surface area contributed by atoms with Gasteiger partial charge in [-0.15, -0.1) is 0 Å². The molecule has 1 aromatic rings. The first-order chi connectivity index (χ1) is 11.5. The van der Waals surface area contributed by atoms with Crippen LogP contribution in [0.1, 0.15) is 45.2 Å². The van der Waals surface area contributed by atoms with Crippen molar-refractivity contribution in [3.05, 3.63) is 35.4 Å². The second kappa shape index (κ2) is 9.07. The van der Waals surface area contributed by atoms with Crippen LogP contribution in [0.4, 0.5) is 4.79 Å². The second-order valence-corrected chi connectivity index (χ2v) is 7.24. The van der Waals surface area contributed by atoms with Gasteiger partial charge >= 0.3 is 6.03 Å². The van der Waals surface area contributed by atoms with Crippen molar-refractivity contribution >= 4 is 6.03 Å². The zero-order chi connectivity index (χ0) is 17.5. The van der Waals surface area contributed by atoms with Crippen LogP contribution in [0.2, 0.25) is 0 Å². The smallest absolute Gasteiger partial charge is 0.317 e. The Morgan fingerprint density at radius 3 is 2.29 bits per heavy atom. The topological polar surface area (TPSA) is 35.6 Å². The monoisotopic (exact) mass is 331 g/mol. The number of piperidine rings is 1. The molecule has 0 saturated carbocycles. The third-order valence-corrected chi connectivity index (χ3v) is 4.99. The van der Waals surface area contributed by atoms with E-state index in [1.807, 2.05) is 4.90 Å². The molecule has 0 radical (unpaired) electrons. The number of nitrogens with one attached hydrogen (secondary N) is 1. The summed E-state index contributed by atoms with van der Waals surface area (Å²) in [7, 11) is 0. The minimum atomic E-state index is 0.0750. The molecule has 1 aliphatic heterocycles. The average molecular weight is 332 g/mol. The molecule has 2 atom stereocenters. The quantitative estimate of drug-likeness (QED) is 0.862. The van der Waals surface area contributed by atoms with E-state index in [9.17, 15) is 4.79 Å². The van der Waals surface area contributed by atoms with Crippen LogP contribution < -0.4 is 5.32 Å². The molecule has 134 valence electrons. The molecular weight excluding hydrogens is 298 g/mol. The van der Waals surface area contributed by atoms with E-state index in [2.05, 4.69) is 62.2 Å². The summed E-state index contributed by atoms with van der Waals surface area (Å²) >= 11 is 0. The molecule has 0 bridgehead atoms. The fraction of sp³-hybridized carbons (Fsp3) is 0.650. The molecule has 0 spiro atoms. The summed E-state index contributed by atoms with van der Waals surface area (Å²) in [6, 6.07) is 8.51. The van der Waals surface area contributed by atoms with Crippen molar-refractivity contribution in [1.29, 1.82) is 0 Å². The summed E-state index contributed by atoms with van der Waals surface area (Å²) in [4.78, 5) is 16.9. The van der Waals surface area contributed by atoms with Gasteiger partial charge in [0.2, 0.25) is 0 Å². The maximum absolute atomic E-state index is 12.5. The number of benzene rings is 1. The Labute approximate surface area is 147 Å². The van der Waals surface area contributed by atoms with Crippen LogP contribution in [0, 0.1) is 11.8 Å². The number of rotatable bonds is 6. The molecule has 1 fully saturated rings. The van der Waals surface area contributed by atoms with Crippen LogP contribution in [-0.2, 0) is 13.1 Å². The van der Waals surface area contributed by atoms with Crippen molar-refractivity contribution in [3.8, 4) is 0 Å². The van der Waals surface area contributed by atoms with Gasteiger partial charge in [-0.25, -0.2) is 4.79 Å². The largest absolute Gasteiger partial charge is 0.334 e. The van der Waals surface area contributed by atoms with Crippen molar-refractivity contribution in [1.82, 2.24) is 15.1 Å². The third kappa shape index (κ3) is 5.23. The first-order valence-electron chi connectivity index (χ1n) is 9.35. The maximum atomic E-state index is 12.5. The Morgan fingerprint density at radius 2 is 1.71 bits per heavy atom. The highest BCUT2D eigenvalue weighted by molar-refractivity contribution is 5.74. The first-order valence-corrected chi connectivity index (χ1v) is 9.35. The molecule has 1 aliphatic rings. The second-order valence-electron chi connectivity index (χ2n) is 7.24. The summed E-state index contributed by atoms with van der Waals surface area (Å²) in [5, 5.41) is 3.13. The molecule has 1 N–H and O–H groups in total. The van der Waals surface area contributed by atoms with E-state index in [-0.39, 0.29) is 6.03 Å². The first kappa shape index (κ1) is 18.8. The molecule has 1 aromatic carbocycles. The molecule has 2 rings (SSSR count). The summed E-state index contributed by atoms with van der Waals surface area (Å²) < 4.78 is 0. The fourth-order valence-corrected chi connectivity index (χ4v) is 3.68. The number of hydrogen-bond acceptors (Lipinski definition) is 2. The van der Waals surface area contributed by atoms with Gasteiger partial charge in [0.25, 0.3) is 0 Å². The molecule has 4 nitrogen and oxygen atoms in total. The van der Waals surface area contributed by atoms with Crippen LogP contribution in [0.3, 0.4) is 0 Å². The van der Waals surface area contributed by atoms with Gasteiger partial charge in [0.1, 0.15) is 0 Å². The predicted octanol–water partition coefficient (Wildman–Crippen LogP) is 3.72. The highest BCUT2D eigenvalue weighted by atomic mass is 16.2. The van der Waals surface area contributed by atoms with E-state index >= 15 is 0 Å². The summed E-state index contributed by atoms with van der Waals surface area (Å²) in [6.45, 7) is 14.2. The number of amides is 2. The molecule has 1 heterocycles. The van der Waals surface area contributed by atoms with Crippen molar-refractivity contribution in [2.75, 3.05) is 26.2 Å². The van der Waals surface area contributed by atoms with Gasteiger partial charge in [0.05, 0.1) is 0 Å². The SMILES string of the molecule is CCN(CC)Cc1ccccc1CNC(=O)N1CC(C)CC(C)C1. The van der Waals surface area contributed by atoms with Crippen LogP contribution >= 0.6 is 0 Å². The Bertz CT molecular complexity index is 517. The van der Waals surface area contributed by atoms with Gasteiger partial charge in [0, 0.05) is 26.2 Å². The van der Waals surface area contributed by atoms with Gasteiger partial charge in [-0.05, 0) is 42.5 Å². The number of urea groups is 1. The van der Waals surface area contributed by atoms with E-state index < -0.39 is 0 Å². The van der Waals surface area contributed by atoms with E-state index in [1.54, 1.807) is 0 Å². The molecule has 2 unspecified atom stereocenters. The minimum absolute atomic E-state index is 0.0750. The fourth-order valence-electron chi connectivity index (χ4n) is 3.68. The number of carbonyl (C=O) groups excluding carboxylic acids is 1. The highest BCUT2D eigenvalue weighted by Crippen LogP contribution is 2.21. The van der Waals surface area contributed by atoms with Crippen LogP contribution in [0.15, 0.2) is 24.3 Å². The van der Waals surface area contributed by atoms with E-state index in [1.165, 1.54) is 17.5 Å². The Hall–Kier alpha value is -1.55. The molecular formula is C20H33N3O. The zero-order valence-electron chi connectivity index (χ0n) is 15.7. The normalized spacial score (nSPS) is 21.1. The number of likely N-dealkylation sites (tertiary alicyclic amines) is 1. The van der Waals surface area contributed by atoms with Gasteiger partial charge in [0.15, 0.2) is 0 Å². The van der Waals surface area contributed by atoms with E-state index in [4.69, 9.17) is 0 Å². The number of hydrogen-bond donors (Lipinski definition) is 1. The molecule has 1 saturated heterocycles. The summed E-state index contributed by atoms with van der Waals surface area (Å²) in [6.07, 6.45) is 1.22. The highest BCUT2D eigenvalue weighted by Gasteiger charge is 2.25.